The maximum absolute atomic E-state index is 11.9. The predicted molar refractivity (Wildman–Crippen MR) is 74.2 cm³/mol. The lowest BCUT2D eigenvalue weighted by atomic mass is 9.92. The summed E-state index contributed by atoms with van der Waals surface area (Å²) in [6, 6.07) is 1.98. The highest BCUT2D eigenvalue weighted by molar-refractivity contribution is 6.32. The third kappa shape index (κ3) is 2.59. The molecule has 0 saturated heterocycles. The standard InChI is InChI=1S/C14H19ClN2O/c1-5-8(3)11-10(7-16)14(18)17-13(12(11)15)9(4)6-2/h8-9H,5-6H2,1-4H3,(H,17,18). The molecule has 0 aliphatic rings. The topological polar surface area (TPSA) is 56.6 Å². The van der Waals surface area contributed by atoms with Crippen molar-refractivity contribution < 1.29 is 0 Å². The molecule has 0 fully saturated rings. The van der Waals surface area contributed by atoms with Gasteiger partial charge in [-0.3, -0.25) is 4.79 Å². The first-order valence-electron chi connectivity index (χ1n) is 6.33. The van der Waals surface area contributed by atoms with Crippen molar-refractivity contribution in [2.75, 3.05) is 0 Å². The number of nitrogens with zero attached hydrogens (tertiary/aromatic N) is 1. The zero-order valence-electron chi connectivity index (χ0n) is 11.3. The summed E-state index contributed by atoms with van der Waals surface area (Å²) in [5.74, 6) is 0.290. The van der Waals surface area contributed by atoms with E-state index < -0.39 is 0 Å². The molecular weight excluding hydrogens is 248 g/mol. The van der Waals surface area contributed by atoms with Gasteiger partial charge in [-0.1, -0.05) is 39.3 Å². The van der Waals surface area contributed by atoms with Gasteiger partial charge in [0.2, 0.25) is 0 Å². The Morgan fingerprint density at radius 1 is 1.28 bits per heavy atom. The molecule has 18 heavy (non-hydrogen) atoms. The summed E-state index contributed by atoms with van der Waals surface area (Å²) in [6.07, 6.45) is 1.74. The van der Waals surface area contributed by atoms with Gasteiger partial charge in [0.25, 0.3) is 5.56 Å². The minimum atomic E-state index is -0.326. The van der Waals surface area contributed by atoms with E-state index in [4.69, 9.17) is 16.9 Å². The minimum absolute atomic E-state index is 0.109. The largest absolute Gasteiger partial charge is 0.323 e. The Hall–Kier alpha value is -1.27. The highest BCUT2D eigenvalue weighted by Crippen LogP contribution is 2.33. The fourth-order valence-electron chi connectivity index (χ4n) is 1.94. The van der Waals surface area contributed by atoms with Gasteiger partial charge in [0.05, 0.1) is 5.02 Å². The van der Waals surface area contributed by atoms with Gasteiger partial charge in [0.15, 0.2) is 0 Å². The lowest BCUT2D eigenvalue weighted by Gasteiger charge is -2.18. The number of pyridine rings is 1. The molecule has 0 bridgehead atoms. The Labute approximate surface area is 113 Å². The third-order valence-corrected chi connectivity index (χ3v) is 3.95. The zero-order chi connectivity index (χ0) is 13.9. The Balaban J connectivity index is 3.60. The summed E-state index contributed by atoms with van der Waals surface area (Å²) in [5, 5.41) is 9.68. The van der Waals surface area contributed by atoms with Crippen LogP contribution in [0.2, 0.25) is 5.02 Å². The maximum Gasteiger partial charge on any atom is 0.266 e. The smallest absolute Gasteiger partial charge is 0.266 e. The number of rotatable bonds is 4. The number of nitriles is 1. The first-order chi connectivity index (χ1) is 8.47. The van der Waals surface area contributed by atoms with Crippen LogP contribution in [0.5, 0.6) is 0 Å². The monoisotopic (exact) mass is 266 g/mol. The van der Waals surface area contributed by atoms with Crippen LogP contribution < -0.4 is 5.56 Å². The number of halogens is 1. The van der Waals surface area contributed by atoms with Gasteiger partial charge in [0.1, 0.15) is 11.6 Å². The normalized spacial score (nSPS) is 14.0. The van der Waals surface area contributed by atoms with Crippen LogP contribution >= 0.6 is 11.6 Å². The number of nitrogens with one attached hydrogen (secondary N) is 1. The quantitative estimate of drug-likeness (QED) is 0.898. The predicted octanol–water partition coefficient (Wildman–Crippen LogP) is 3.93. The Bertz CT molecular complexity index is 528. The van der Waals surface area contributed by atoms with Gasteiger partial charge in [0, 0.05) is 5.69 Å². The molecule has 2 atom stereocenters. The van der Waals surface area contributed by atoms with Gasteiger partial charge < -0.3 is 4.98 Å². The second-order valence-electron chi connectivity index (χ2n) is 4.70. The van der Waals surface area contributed by atoms with Gasteiger partial charge in [-0.25, -0.2) is 0 Å². The van der Waals surface area contributed by atoms with Gasteiger partial charge in [-0.2, -0.15) is 5.26 Å². The molecule has 1 heterocycles. The fraction of sp³-hybridized carbons (Fsp3) is 0.571. The SMILES string of the molecule is CCC(C)c1[nH]c(=O)c(C#N)c(C(C)CC)c1Cl. The van der Waals surface area contributed by atoms with Crippen LogP contribution in [-0.4, -0.2) is 4.98 Å². The van der Waals surface area contributed by atoms with Crippen molar-refractivity contribution >= 4 is 11.6 Å². The summed E-state index contributed by atoms with van der Waals surface area (Å²) >= 11 is 6.39. The van der Waals surface area contributed by atoms with Crippen LogP contribution in [0.1, 0.15) is 69.2 Å². The van der Waals surface area contributed by atoms with E-state index in [-0.39, 0.29) is 23.0 Å². The highest BCUT2D eigenvalue weighted by atomic mass is 35.5. The number of H-pyrrole nitrogens is 1. The summed E-state index contributed by atoms with van der Waals surface area (Å²) in [7, 11) is 0. The van der Waals surface area contributed by atoms with Crippen molar-refractivity contribution in [3.8, 4) is 6.07 Å². The molecule has 98 valence electrons. The van der Waals surface area contributed by atoms with E-state index in [2.05, 4.69) is 4.98 Å². The molecule has 1 aromatic heterocycles. The van der Waals surface area contributed by atoms with E-state index >= 15 is 0 Å². The first kappa shape index (κ1) is 14.8. The molecule has 1 aromatic rings. The van der Waals surface area contributed by atoms with Crippen molar-refractivity contribution in [3.05, 3.63) is 32.2 Å². The third-order valence-electron chi connectivity index (χ3n) is 3.54. The molecule has 0 radical (unpaired) electrons. The van der Waals surface area contributed by atoms with E-state index in [0.29, 0.717) is 10.6 Å². The van der Waals surface area contributed by atoms with Crippen molar-refractivity contribution in [3.63, 3.8) is 0 Å². The van der Waals surface area contributed by atoms with Crippen molar-refractivity contribution in [1.82, 2.24) is 4.98 Å². The van der Waals surface area contributed by atoms with Crippen LogP contribution in [0.25, 0.3) is 0 Å². The molecule has 0 saturated carbocycles. The maximum atomic E-state index is 11.9. The minimum Gasteiger partial charge on any atom is -0.323 e. The van der Waals surface area contributed by atoms with E-state index in [1.165, 1.54) is 0 Å². The molecule has 2 unspecified atom stereocenters. The van der Waals surface area contributed by atoms with Crippen molar-refractivity contribution in [2.45, 2.75) is 52.4 Å². The van der Waals surface area contributed by atoms with E-state index in [0.717, 1.165) is 18.5 Å². The summed E-state index contributed by atoms with van der Waals surface area (Å²) in [6.45, 7) is 8.07. The number of hydrogen-bond donors (Lipinski definition) is 1. The molecule has 1 N–H and O–H groups in total. The molecule has 0 aliphatic heterocycles. The van der Waals surface area contributed by atoms with Gasteiger partial charge in [-0.15, -0.1) is 0 Å². The fourth-order valence-corrected chi connectivity index (χ4v) is 2.45. The second kappa shape index (κ2) is 6.06. The number of hydrogen-bond acceptors (Lipinski definition) is 2. The van der Waals surface area contributed by atoms with E-state index in [9.17, 15) is 4.79 Å². The molecule has 0 aromatic carbocycles. The summed E-state index contributed by atoms with van der Waals surface area (Å²) in [5.41, 5.74) is 1.27. The lowest BCUT2D eigenvalue weighted by Crippen LogP contribution is -2.19. The zero-order valence-corrected chi connectivity index (χ0v) is 12.1. The molecular formula is C14H19ClN2O. The van der Waals surface area contributed by atoms with Crippen LogP contribution in [-0.2, 0) is 0 Å². The second-order valence-corrected chi connectivity index (χ2v) is 5.08. The van der Waals surface area contributed by atoms with Gasteiger partial charge >= 0.3 is 0 Å². The number of aromatic nitrogens is 1. The van der Waals surface area contributed by atoms with Crippen LogP contribution in [0.4, 0.5) is 0 Å². The van der Waals surface area contributed by atoms with Gasteiger partial charge in [-0.05, 0) is 30.2 Å². The summed E-state index contributed by atoms with van der Waals surface area (Å²) < 4.78 is 0. The van der Waals surface area contributed by atoms with E-state index in [1.54, 1.807) is 0 Å². The van der Waals surface area contributed by atoms with E-state index in [1.807, 2.05) is 33.8 Å². The lowest BCUT2D eigenvalue weighted by molar-refractivity contribution is 0.686. The molecule has 0 spiro atoms. The first-order valence-corrected chi connectivity index (χ1v) is 6.71. The average Bonchev–Trinajstić information content (AvgIpc) is 2.38. The molecule has 1 rings (SSSR count). The molecule has 3 nitrogen and oxygen atoms in total. The van der Waals surface area contributed by atoms with Crippen LogP contribution in [0.15, 0.2) is 4.79 Å². The Morgan fingerprint density at radius 3 is 2.28 bits per heavy atom. The Morgan fingerprint density at radius 2 is 1.83 bits per heavy atom. The average molecular weight is 267 g/mol. The molecule has 0 amide bonds. The molecule has 4 heteroatoms. The molecule has 0 aliphatic carbocycles. The Kier molecular flexibility index (Phi) is 4.98. The van der Waals surface area contributed by atoms with Crippen molar-refractivity contribution in [1.29, 1.82) is 5.26 Å². The summed E-state index contributed by atoms with van der Waals surface area (Å²) in [4.78, 5) is 14.7. The highest BCUT2D eigenvalue weighted by Gasteiger charge is 2.21. The van der Waals surface area contributed by atoms with Crippen LogP contribution in [0.3, 0.4) is 0 Å². The number of aromatic amines is 1. The van der Waals surface area contributed by atoms with Crippen LogP contribution in [0, 0.1) is 11.3 Å². The van der Waals surface area contributed by atoms with Crippen molar-refractivity contribution in [2.24, 2.45) is 0 Å².